The van der Waals surface area contributed by atoms with Gasteiger partial charge in [0.05, 0.1) is 5.52 Å². The Hall–Kier alpha value is -2.66. The van der Waals surface area contributed by atoms with Crippen LogP contribution in [0.25, 0.3) is 10.9 Å². The summed E-state index contributed by atoms with van der Waals surface area (Å²) in [6.07, 6.45) is 10.9. The smallest absolute Gasteiger partial charge is 0.213 e. The molecule has 3 aromatic rings. The van der Waals surface area contributed by atoms with Crippen molar-refractivity contribution < 1.29 is 4.74 Å². The lowest BCUT2D eigenvalue weighted by atomic mass is 10.1. The fraction of sp³-hybridized carbons (Fsp3) is 0.462. The number of aromatic nitrogens is 2. The summed E-state index contributed by atoms with van der Waals surface area (Å²) in [5, 5.41) is 4.84. The molecular weight excluding hydrogens is 384 g/mol. The molecular formula is C26H32N4O. The van der Waals surface area contributed by atoms with E-state index in [1.807, 2.05) is 6.20 Å². The van der Waals surface area contributed by atoms with Crippen molar-refractivity contribution in [3.63, 3.8) is 0 Å². The summed E-state index contributed by atoms with van der Waals surface area (Å²) in [6.45, 7) is 3.79. The molecule has 2 aromatic heterocycles. The van der Waals surface area contributed by atoms with E-state index >= 15 is 0 Å². The number of pyridine rings is 2. The molecule has 5 nitrogen and oxygen atoms in total. The molecule has 5 rings (SSSR count). The molecule has 1 aromatic carbocycles. The fourth-order valence-electron chi connectivity index (χ4n) is 4.80. The molecule has 2 aliphatic rings. The molecule has 31 heavy (non-hydrogen) atoms. The maximum Gasteiger partial charge on any atom is 0.213 e. The van der Waals surface area contributed by atoms with E-state index in [0.717, 1.165) is 56.2 Å². The van der Waals surface area contributed by atoms with Crippen LogP contribution >= 0.6 is 0 Å². The van der Waals surface area contributed by atoms with E-state index in [9.17, 15) is 0 Å². The molecule has 162 valence electrons. The SMILES string of the molecule is c1ccc2nc(N3CCCCC3)c(CNCc3ccnc(OC4CCCC4)c3)cc2c1. The normalized spacial score (nSPS) is 17.4. The van der Waals surface area contributed by atoms with Crippen molar-refractivity contribution in [2.45, 2.75) is 64.1 Å². The minimum atomic E-state index is 0.339. The lowest BCUT2D eigenvalue weighted by molar-refractivity contribution is 0.201. The summed E-state index contributed by atoms with van der Waals surface area (Å²) in [4.78, 5) is 11.9. The maximum atomic E-state index is 6.07. The third-order valence-corrected chi connectivity index (χ3v) is 6.47. The van der Waals surface area contributed by atoms with Crippen molar-refractivity contribution in [3.05, 3.63) is 59.8 Å². The molecule has 0 atom stereocenters. The number of ether oxygens (including phenoxy) is 1. The molecule has 0 radical (unpaired) electrons. The van der Waals surface area contributed by atoms with E-state index in [2.05, 4.69) is 57.7 Å². The van der Waals surface area contributed by atoms with Crippen LogP contribution in [-0.4, -0.2) is 29.2 Å². The average molecular weight is 417 g/mol. The highest BCUT2D eigenvalue weighted by Gasteiger charge is 2.18. The van der Waals surface area contributed by atoms with E-state index in [1.54, 1.807) is 0 Å². The van der Waals surface area contributed by atoms with Gasteiger partial charge < -0.3 is 15.0 Å². The quantitative estimate of drug-likeness (QED) is 0.571. The molecule has 1 saturated carbocycles. The fourth-order valence-corrected chi connectivity index (χ4v) is 4.80. The molecule has 0 spiro atoms. The van der Waals surface area contributed by atoms with Crippen LogP contribution in [0.5, 0.6) is 5.88 Å². The van der Waals surface area contributed by atoms with Gasteiger partial charge >= 0.3 is 0 Å². The van der Waals surface area contributed by atoms with Gasteiger partial charge in [0.25, 0.3) is 0 Å². The molecule has 1 N–H and O–H groups in total. The average Bonchev–Trinajstić information content (AvgIpc) is 3.32. The van der Waals surface area contributed by atoms with Gasteiger partial charge in [0.1, 0.15) is 11.9 Å². The zero-order chi connectivity index (χ0) is 20.9. The van der Waals surface area contributed by atoms with Gasteiger partial charge in [-0.2, -0.15) is 0 Å². The van der Waals surface area contributed by atoms with Crippen LogP contribution in [0.15, 0.2) is 48.7 Å². The first kappa shape index (κ1) is 20.3. The minimum absolute atomic E-state index is 0.339. The van der Waals surface area contributed by atoms with Gasteiger partial charge in [0.2, 0.25) is 5.88 Å². The number of piperidine rings is 1. The van der Waals surface area contributed by atoms with E-state index in [1.165, 1.54) is 48.6 Å². The highest BCUT2D eigenvalue weighted by molar-refractivity contribution is 5.81. The first-order valence-electron chi connectivity index (χ1n) is 11.8. The van der Waals surface area contributed by atoms with Gasteiger partial charge in [-0.25, -0.2) is 9.97 Å². The van der Waals surface area contributed by atoms with Crippen LogP contribution in [0, 0.1) is 0 Å². The summed E-state index contributed by atoms with van der Waals surface area (Å²) >= 11 is 0. The Morgan fingerprint density at radius 2 is 1.77 bits per heavy atom. The second kappa shape index (κ2) is 9.65. The Labute approximate surface area is 184 Å². The first-order valence-corrected chi connectivity index (χ1v) is 11.8. The topological polar surface area (TPSA) is 50.3 Å². The molecule has 0 unspecified atom stereocenters. The number of fused-ring (bicyclic) bond motifs is 1. The highest BCUT2D eigenvalue weighted by atomic mass is 16.5. The third kappa shape index (κ3) is 4.99. The predicted molar refractivity (Wildman–Crippen MR) is 125 cm³/mol. The van der Waals surface area contributed by atoms with E-state index < -0.39 is 0 Å². The summed E-state index contributed by atoms with van der Waals surface area (Å²) in [7, 11) is 0. The Morgan fingerprint density at radius 3 is 2.65 bits per heavy atom. The number of para-hydroxylation sites is 1. The molecule has 1 saturated heterocycles. The zero-order valence-corrected chi connectivity index (χ0v) is 18.2. The summed E-state index contributed by atoms with van der Waals surface area (Å²) in [5.74, 6) is 1.90. The molecule has 1 aliphatic heterocycles. The second-order valence-electron chi connectivity index (χ2n) is 8.84. The number of nitrogens with zero attached hydrogens (tertiary/aromatic N) is 3. The lowest BCUT2D eigenvalue weighted by Crippen LogP contribution is -2.31. The van der Waals surface area contributed by atoms with Gasteiger partial charge in [-0.3, -0.25) is 0 Å². The molecule has 0 amide bonds. The molecule has 2 fully saturated rings. The number of hydrogen-bond acceptors (Lipinski definition) is 5. The highest BCUT2D eigenvalue weighted by Crippen LogP contribution is 2.27. The van der Waals surface area contributed by atoms with Crippen LogP contribution in [-0.2, 0) is 13.1 Å². The van der Waals surface area contributed by atoms with Crippen LogP contribution in [0.3, 0.4) is 0 Å². The molecule has 0 bridgehead atoms. The summed E-state index contributed by atoms with van der Waals surface area (Å²) < 4.78 is 6.07. The molecule has 5 heteroatoms. The van der Waals surface area contributed by atoms with E-state index in [4.69, 9.17) is 9.72 Å². The first-order chi connectivity index (χ1) is 15.3. The largest absolute Gasteiger partial charge is 0.474 e. The Morgan fingerprint density at radius 1 is 0.935 bits per heavy atom. The zero-order valence-electron chi connectivity index (χ0n) is 18.2. The monoisotopic (exact) mass is 416 g/mol. The molecule has 3 heterocycles. The van der Waals surface area contributed by atoms with E-state index in [-0.39, 0.29) is 0 Å². The van der Waals surface area contributed by atoms with E-state index in [0.29, 0.717) is 6.10 Å². The number of benzene rings is 1. The number of hydrogen-bond donors (Lipinski definition) is 1. The summed E-state index contributed by atoms with van der Waals surface area (Å²) in [6, 6.07) is 14.9. The standard InChI is InChI=1S/C26H32N4O/c1-6-14-30(15-7-1)26-22(17-21-8-2-5-11-24(21)29-26)19-27-18-20-12-13-28-25(16-20)31-23-9-3-4-10-23/h2,5,8,11-13,16-17,23,27H,1,3-4,6-7,9-10,14-15,18-19H2. The number of rotatable bonds is 7. The van der Waals surface area contributed by atoms with Crippen molar-refractivity contribution in [1.29, 1.82) is 0 Å². The summed E-state index contributed by atoms with van der Waals surface area (Å²) in [5.41, 5.74) is 3.56. The third-order valence-electron chi connectivity index (χ3n) is 6.47. The molecule has 1 aliphatic carbocycles. The Kier molecular flexibility index (Phi) is 6.30. The Balaban J connectivity index is 1.29. The van der Waals surface area contributed by atoms with Crippen molar-refractivity contribution in [2.75, 3.05) is 18.0 Å². The minimum Gasteiger partial charge on any atom is -0.474 e. The van der Waals surface area contributed by atoms with Crippen molar-refractivity contribution in [3.8, 4) is 5.88 Å². The predicted octanol–water partition coefficient (Wildman–Crippen LogP) is 5.23. The van der Waals surface area contributed by atoms with Crippen LogP contribution < -0.4 is 15.0 Å². The van der Waals surface area contributed by atoms with Crippen molar-refractivity contribution in [1.82, 2.24) is 15.3 Å². The maximum absolute atomic E-state index is 6.07. The van der Waals surface area contributed by atoms with Gasteiger partial charge in [0, 0.05) is 49.4 Å². The van der Waals surface area contributed by atoms with Crippen molar-refractivity contribution in [2.24, 2.45) is 0 Å². The van der Waals surface area contributed by atoms with Crippen molar-refractivity contribution >= 4 is 16.7 Å². The number of anilines is 1. The second-order valence-corrected chi connectivity index (χ2v) is 8.84. The van der Waals surface area contributed by atoms with Gasteiger partial charge in [0.15, 0.2) is 0 Å². The Bertz CT molecular complexity index is 1010. The van der Waals surface area contributed by atoms with Crippen LogP contribution in [0.1, 0.15) is 56.1 Å². The van der Waals surface area contributed by atoms with Gasteiger partial charge in [-0.05, 0) is 68.7 Å². The lowest BCUT2D eigenvalue weighted by Gasteiger charge is -2.30. The van der Waals surface area contributed by atoms with Gasteiger partial charge in [-0.15, -0.1) is 0 Å². The van der Waals surface area contributed by atoms with Crippen LogP contribution in [0.2, 0.25) is 0 Å². The van der Waals surface area contributed by atoms with Gasteiger partial charge in [-0.1, -0.05) is 18.2 Å². The van der Waals surface area contributed by atoms with Crippen LogP contribution in [0.4, 0.5) is 5.82 Å². The number of nitrogens with one attached hydrogen (secondary N) is 1.